The van der Waals surface area contributed by atoms with Crippen molar-refractivity contribution in [2.24, 2.45) is 0 Å². The van der Waals surface area contributed by atoms with Gasteiger partial charge in [-0.3, -0.25) is 4.79 Å². The van der Waals surface area contributed by atoms with Crippen molar-refractivity contribution in [1.82, 2.24) is 5.32 Å². The normalized spacial score (nSPS) is 25.7. The van der Waals surface area contributed by atoms with E-state index in [0.717, 1.165) is 57.8 Å². The molecule has 2 aliphatic rings. The Morgan fingerprint density at radius 2 is 0.803 bits per heavy atom. The first-order valence-corrected chi connectivity index (χ1v) is 29.8. The monoisotopic (exact) mass is 1020 g/mol. The first kappa shape index (κ1) is 66.1. The fourth-order valence-electron chi connectivity index (χ4n) is 10.2. The number of unbranched alkanes of at least 4 members (excludes halogenated alkanes) is 35. The standard InChI is InChI=1S/C57H111NO13/c1-3-5-7-9-10-11-12-13-14-15-16-17-18-19-20-21-22-23-24-25-26-27-28-29-30-31-32-33-34-35-37-38-40-46(61)45(58-49(62)41-39-36-8-6-4-2)44-68-56-54(67)52(65)55(48(43-60)70-56)71-57-53(66)51(64)50(63)47(42-59)69-57/h45-48,50-57,59-61,63-67H,3-44H2,1-2H3,(H,58,62). The van der Waals surface area contributed by atoms with Crippen LogP contribution >= 0.6 is 0 Å². The minimum Gasteiger partial charge on any atom is -0.394 e. The molecule has 0 saturated carbocycles. The van der Waals surface area contributed by atoms with Gasteiger partial charge in [-0.05, 0) is 12.8 Å². The molecule has 0 spiro atoms. The van der Waals surface area contributed by atoms with E-state index in [1.54, 1.807) is 0 Å². The predicted octanol–water partition coefficient (Wildman–Crippen LogP) is 9.73. The number of hydrogen-bond acceptors (Lipinski definition) is 13. The average molecular weight is 1020 g/mol. The van der Waals surface area contributed by atoms with Crippen LogP contribution in [-0.4, -0.2) is 140 Å². The van der Waals surface area contributed by atoms with Crippen molar-refractivity contribution < 1.29 is 64.6 Å². The van der Waals surface area contributed by atoms with Crippen LogP contribution in [0.25, 0.3) is 0 Å². The summed E-state index contributed by atoms with van der Waals surface area (Å²) in [5, 5.41) is 86.7. The van der Waals surface area contributed by atoms with Gasteiger partial charge in [0.15, 0.2) is 12.6 Å². The van der Waals surface area contributed by atoms with E-state index in [2.05, 4.69) is 19.2 Å². The lowest BCUT2D eigenvalue weighted by Gasteiger charge is -2.46. The van der Waals surface area contributed by atoms with Crippen LogP contribution in [0.4, 0.5) is 0 Å². The van der Waals surface area contributed by atoms with Gasteiger partial charge in [0, 0.05) is 6.42 Å². The summed E-state index contributed by atoms with van der Waals surface area (Å²) in [5.41, 5.74) is 0. The number of aliphatic hydroxyl groups excluding tert-OH is 8. The highest BCUT2D eigenvalue weighted by atomic mass is 16.7. The highest BCUT2D eigenvalue weighted by Crippen LogP contribution is 2.30. The smallest absolute Gasteiger partial charge is 0.220 e. The summed E-state index contributed by atoms with van der Waals surface area (Å²) in [6.07, 6.45) is 32.1. The number of carbonyl (C=O) groups is 1. The lowest BCUT2D eigenvalue weighted by molar-refractivity contribution is -0.359. The van der Waals surface area contributed by atoms with E-state index in [1.165, 1.54) is 180 Å². The van der Waals surface area contributed by atoms with Gasteiger partial charge >= 0.3 is 0 Å². The van der Waals surface area contributed by atoms with Crippen molar-refractivity contribution in [3.05, 3.63) is 0 Å². The van der Waals surface area contributed by atoms with Crippen LogP contribution in [-0.2, 0) is 23.7 Å². The SMILES string of the molecule is CCCCCCCCCCCCCCCCCCCCCCCCCCCCCCCCCCC(O)C(COC1OC(CO)C(OC2OC(CO)C(O)C(O)C2O)C(O)C1O)NC(=O)CCCCCCC. The van der Waals surface area contributed by atoms with E-state index in [1.807, 2.05) is 0 Å². The molecule has 0 radical (unpaired) electrons. The first-order valence-electron chi connectivity index (χ1n) is 29.8. The summed E-state index contributed by atoms with van der Waals surface area (Å²) in [5.74, 6) is -0.216. The molecule has 12 atom stereocenters. The highest BCUT2D eigenvalue weighted by Gasteiger charge is 2.51. The van der Waals surface area contributed by atoms with Crippen molar-refractivity contribution in [1.29, 1.82) is 0 Å². The summed E-state index contributed by atoms with van der Waals surface area (Å²) in [7, 11) is 0. The molecule has 12 unspecified atom stereocenters. The van der Waals surface area contributed by atoms with Gasteiger partial charge in [-0.2, -0.15) is 0 Å². The number of carbonyl (C=O) groups excluding carboxylic acids is 1. The highest BCUT2D eigenvalue weighted by molar-refractivity contribution is 5.76. The third-order valence-corrected chi connectivity index (χ3v) is 15.1. The van der Waals surface area contributed by atoms with Crippen LogP contribution < -0.4 is 5.32 Å². The van der Waals surface area contributed by atoms with E-state index in [4.69, 9.17) is 18.9 Å². The van der Waals surface area contributed by atoms with Crippen molar-refractivity contribution in [3.8, 4) is 0 Å². The van der Waals surface area contributed by atoms with Gasteiger partial charge < -0.3 is 65.1 Å². The maximum Gasteiger partial charge on any atom is 0.220 e. The Balaban J connectivity index is 1.55. The van der Waals surface area contributed by atoms with Gasteiger partial charge in [-0.1, -0.05) is 245 Å². The second-order valence-corrected chi connectivity index (χ2v) is 21.5. The minimum atomic E-state index is -1.78. The Kier molecular flexibility index (Phi) is 41.1. The Bertz CT molecular complexity index is 1200. The summed E-state index contributed by atoms with van der Waals surface area (Å²) in [6.45, 7) is 2.78. The molecule has 0 aromatic heterocycles. The molecule has 71 heavy (non-hydrogen) atoms. The van der Waals surface area contributed by atoms with E-state index in [0.29, 0.717) is 12.8 Å². The van der Waals surface area contributed by atoms with Crippen LogP contribution in [0.5, 0.6) is 0 Å². The molecule has 2 saturated heterocycles. The Labute approximate surface area is 432 Å². The van der Waals surface area contributed by atoms with Crippen LogP contribution in [0, 0.1) is 0 Å². The van der Waals surface area contributed by atoms with Crippen molar-refractivity contribution in [2.75, 3.05) is 19.8 Å². The molecule has 9 N–H and O–H groups in total. The van der Waals surface area contributed by atoms with Gasteiger partial charge in [-0.25, -0.2) is 0 Å². The van der Waals surface area contributed by atoms with Crippen LogP contribution in [0.1, 0.15) is 264 Å². The first-order chi connectivity index (χ1) is 34.6. The molecule has 2 rings (SSSR count). The summed E-state index contributed by atoms with van der Waals surface area (Å²) >= 11 is 0. The number of rotatable bonds is 48. The van der Waals surface area contributed by atoms with Gasteiger partial charge in [-0.15, -0.1) is 0 Å². The van der Waals surface area contributed by atoms with Crippen molar-refractivity contribution in [2.45, 2.75) is 338 Å². The van der Waals surface area contributed by atoms with Crippen molar-refractivity contribution in [3.63, 3.8) is 0 Å². The molecule has 14 nitrogen and oxygen atoms in total. The van der Waals surface area contributed by atoms with E-state index < -0.39 is 86.8 Å². The second kappa shape index (κ2) is 44.2. The van der Waals surface area contributed by atoms with Crippen molar-refractivity contribution >= 4 is 5.91 Å². The molecule has 0 aliphatic carbocycles. The number of amides is 1. The molecule has 1 amide bonds. The minimum absolute atomic E-state index is 0.216. The molecule has 0 bridgehead atoms. The van der Waals surface area contributed by atoms with E-state index in [-0.39, 0.29) is 12.5 Å². The van der Waals surface area contributed by atoms with Crippen LogP contribution in [0.15, 0.2) is 0 Å². The Morgan fingerprint density at radius 1 is 0.451 bits per heavy atom. The quantitative estimate of drug-likeness (QED) is 0.0259. The molecule has 0 aromatic carbocycles. The number of aliphatic hydroxyl groups is 8. The zero-order valence-electron chi connectivity index (χ0n) is 45.2. The fourth-order valence-corrected chi connectivity index (χ4v) is 10.2. The molecule has 0 aromatic rings. The zero-order valence-corrected chi connectivity index (χ0v) is 45.2. The predicted molar refractivity (Wildman–Crippen MR) is 282 cm³/mol. The van der Waals surface area contributed by atoms with Gasteiger partial charge in [0.2, 0.25) is 5.91 Å². The molecular weight excluding hydrogens is 907 g/mol. The molecule has 2 heterocycles. The van der Waals surface area contributed by atoms with E-state index >= 15 is 0 Å². The number of nitrogens with one attached hydrogen (secondary N) is 1. The van der Waals surface area contributed by atoms with Gasteiger partial charge in [0.25, 0.3) is 0 Å². The number of ether oxygens (including phenoxy) is 4. The third kappa shape index (κ3) is 30.4. The fraction of sp³-hybridized carbons (Fsp3) is 0.982. The lowest BCUT2D eigenvalue weighted by atomic mass is 9.97. The van der Waals surface area contributed by atoms with Crippen LogP contribution in [0.2, 0.25) is 0 Å². The largest absolute Gasteiger partial charge is 0.394 e. The molecular formula is C57H111NO13. The Morgan fingerprint density at radius 3 is 1.20 bits per heavy atom. The summed E-state index contributed by atoms with van der Waals surface area (Å²) < 4.78 is 22.7. The average Bonchev–Trinajstić information content (AvgIpc) is 3.37. The maximum atomic E-state index is 13.0. The molecule has 2 aliphatic heterocycles. The topological polar surface area (TPSA) is 228 Å². The third-order valence-electron chi connectivity index (χ3n) is 15.1. The molecule has 422 valence electrons. The molecule has 2 fully saturated rings. The second-order valence-electron chi connectivity index (χ2n) is 21.5. The Hall–Kier alpha value is -1.01. The summed E-state index contributed by atoms with van der Waals surface area (Å²) in [4.78, 5) is 13.0. The lowest BCUT2D eigenvalue weighted by Crippen LogP contribution is -2.65. The van der Waals surface area contributed by atoms with Crippen LogP contribution in [0.3, 0.4) is 0 Å². The zero-order chi connectivity index (χ0) is 51.7. The van der Waals surface area contributed by atoms with E-state index in [9.17, 15) is 45.6 Å². The maximum absolute atomic E-state index is 13.0. The summed E-state index contributed by atoms with van der Waals surface area (Å²) in [6, 6.07) is -0.819. The van der Waals surface area contributed by atoms with Gasteiger partial charge in [0.1, 0.15) is 48.8 Å². The van der Waals surface area contributed by atoms with Gasteiger partial charge in [0.05, 0.1) is 32.0 Å². The molecule has 14 heteroatoms. The number of hydrogen-bond donors (Lipinski definition) is 9.